The van der Waals surface area contributed by atoms with Crippen molar-refractivity contribution in [2.24, 2.45) is 16.9 Å². The van der Waals surface area contributed by atoms with Crippen molar-refractivity contribution < 1.29 is 9.90 Å². The Hall–Kier alpha value is -1.43. The summed E-state index contributed by atoms with van der Waals surface area (Å²) in [4.78, 5) is 13.8. The van der Waals surface area contributed by atoms with Crippen LogP contribution in [0.5, 0.6) is 0 Å². The molecule has 0 unspecified atom stereocenters. The molecule has 1 heterocycles. The summed E-state index contributed by atoms with van der Waals surface area (Å²) in [6, 6.07) is 9.99. The highest BCUT2D eigenvalue weighted by molar-refractivity contribution is 5.79. The molecule has 0 bridgehead atoms. The number of carbonyl (C=O) groups is 1. The molecule has 5 N–H and O–H groups in total. The van der Waals surface area contributed by atoms with E-state index >= 15 is 0 Å². The van der Waals surface area contributed by atoms with E-state index < -0.39 is 11.5 Å². The Labute approximate surface area is 145 Å². The molecule has 1 amide bonds. The quantitative estimate of drug-likeness (QED) is 0.668. The van der Waals surface area contributed by atoms with Gasteiger partial charge in [-0.25, -0.2) is 0 Å². The first-order valence-electron chi connectivity index (χ1n) is 8.81. The molecule has 3 atom stereocenters. The molecule has 0 spiro atoms. The molecule has 1 fully saturated rings. The minimum Gasteiger partial charge on any atom is -0.390 e. The third kappa shape index (κ3) is 5.03. The fourth-order valence-corrected chi connectivity index (χ4v) is 3.45. The van der Waals surface area contributed by atoms with Gasteiger partial charge >= 0.3 is 0 Å². The molecule has 1 aromatic carbocycles. The van der Waals surface area contributed by atoms with Crippen molar-refractivity contribution in [3.8, 4) is 0 Å². The Bertz CT molecular complexity index is 533. The predicted octanol–water partition coefficient (Wildman–Crippen LogP) is 1.28. The zero-order chi connectivity index (χ0) is 17.7. The summed E-state index contributed by atoms with van der Waals surface area (Å²) < 4.78 is 0. The molecule has 1 aliphatic rings. The van der Waals surface area contributed by atoms with Crippen LogP contribution in [0.15, 0.2) is 30.3 Å². The van der Waals surface area contributed by atoms with Crippen LogP contribution in [0.25, 0.3) is 0 Å². The highest BCUT2D eigenvalue weighted by Crippen LogP contribution is 2.30. The molecule has 1 aromatic rings. The normalized spacial score (nSPS) is 21.6. The smallest absolute Gasteiger partial charge is 0.223 e. The Kier molecular flexibility index (Phi) is 6.38. The van der Waals surface area contributed by atoms with E-state index in [2.05, 4.69) is 4.90 Å². The van der Waals surface area contributed by atoms with Crippen LogP contribution in [0.4, 0.5) is 0 Å². The monoisotopic (exact) mass is 333 g/mol. The van der Waals surface area contributed by atoms with Gasteiger partial charge in [0.15, 0.2) is 0 Å². The number of aliphatic hydroxyl groups is 1. The molecule has 5 nitrogen and oxygen atoms in total. The third-order valence-corrected chi connectivity index (χ3v) is 5.14. The Morgan fingerprint density at radius 3 is 2.67 bits per heavy atom. The van der Waals surface area contributed by atoms with Gasteiger partial charge in [-0.2, -0.15) is 0 Å². The van der Waals surface area contributed by atoms with E-state index in [1.807, 2.05) is 44.2 Å². The van der Waals surface area contributed by atoms with Crippen LogP contribution in [0.3, 0.4) is 0 Å². The second-order valence-corrected chi connectivity index (χ2v) is 7.66. The molecule has 0 aliphatic carbocycles. The lowest BCUT2D eigenvalue weighted by molar-refractivity contribution is -0.127. The molecule has 134 valence electrons. The van der Waals surface area contributed by atoms with Crippen LogP contribution in [0.2, 0.25) is 0 Å². The van der Waals surface area contributed by atoms with Crippen LogP contribution in [0, 0.1) is 5.41 Å². The van der Waals surface area contributed by atoms with Gasteiger partial charge in [0.1, 0.15) is 0 Å². The van der Waals surface area contributed by atoms with Gasteiger partial charge in [-0.1, -0.05) is 44.2 Å². The van der Waals surface area contributed by atoms with Gasteiger partial charge in [0.2, 0.25) is 5.91 Å². The number of nitrogens with two attached hydrogens (primary N) is 2. The average Bonchev–Trinajstić information content (AvgIpc) is 2.94. The second kappa shape index (κ2) is 8.10. The highest BCUT2D eigenvalue weighted by Gasteiger charge is 2.35. The van der Waals surface area contributed by atoms with E-state index in [1.165, 1.54) is 0 Å². The number of amides is 1. The van der Waals surface area contributed by atoms with Crippen LogP contribution in [-0.2, 0) is 11.2 Å². The molecule has 5 heteroatoms. The van der Waals surface area contributed by atoms with E-state index in [-0.39, 0.29) is 18.0 Å². The van der Waals surface area contributed by atoms with Crippen LogP contribution in [-0.4, -0.2) is 47.2 Å². The molecule has 1 aliphatic heterocycles. The molecule has 1 saturated heterocycles. The first kappa shape index (κ1) is 18.9. The number of likely N-dealkylation sites (tertiary alicyclic amines) is 1. The number of primary amides is 1. The van der Waals surface area contributed by atoms with Crippen LogP contribution >= 0.6 is 0 Å². The van der Waals surface area contributed by atoms with E-state index in [0.29, 0.717) is 13.0 Å². The van der Waals surface area contributed by atoms with Gasteiger partial charge < -0.3 is 16.6 Å². The first-order valence-corrected chi connectivity index (χ1v) is 8.81. The number of hydrogen-bond donors (Lipinski definition) is 3. The number of hydrogen-bond acceptors (Lipinski definition) is 4. The van der Waals surface area contributed by atoms with E-state index in [0.717, 1.165) is 31.4 Å². The number of rotatable bonds is 8. The van der Waals surface area contributed by atoms with Gasteiger partial charge in [0, 0.05) is 24.0 Å². The maximum Gasteiger partial charge on any atom is 0.223 e. The maximum atomic E-state index is 11.6. The summed E-state index contributed by atoms with van der Waals surface area (Å²) in [5.74, 6) is -0.268. The SMILES string of the molecule is CC(C)(C[C@@H]1CCCN1C[C@H](O)[C@H](N)Cc1ccccc1)C(N)=O. The van der Waals surface area contributed by atoms with Gasteiger partial charge in [-0.15, -0.1) is 0 Å². The number of benzene rings is 1. The number of β-amino-alcohol motifs (C(OH)–C–C–N with tert-alkyl or cyclic N) is 1. The molecule has 0 aromatic heterocycles. The van der Waals surface area contributed by atoms with Gasteiger partial charge in [0.05, 0.1) is 6.10 Å². The predicted molar refractivity (Wildman–Crippen MR) is 96.3 cm³/mol. The molecular weight excluding hydrogens is 302 g/mol. The number of aliphatic hydroxyl groups excluding tert-OH is 1. The van der Waals surface area contributed by atoms with Crippen molar-refractivity contribution in [2.45, 2.75) is 57.7 Å². The summed E-state index contributed by atoms with van der Waals surface area (Å²) >= 11 is 0. The molecule has 0 radical (unpaired) electrons. The average molecular weight is 333 g/mol. The van der Waals surface area contributed by atoms with Gasteiger partial charge in [0.25, 0.3) is 0 Å². The fourth-order valence-electron chi connectivity index (χ4n) is 3.45. The summed E-state index contributed by atoms with van der Waals surface area (Å²) in [5.41, 5.74) is 12.3. The van der Waals surface area contributed by atoms with E-state index in [1.54, 1.807) is 0 Å². The topological polar surface area (TPSA) is 92.6 Å². The number of nitrogens with zero attached hydrogens (tertiary/aromatic N) is 1. The third-order valence-electron chi connectivity index (χ3n) is 5.14. The van der Waals surface area contributed by atoms with E-state index in [4.69, 9.17) is 11.5 Å². The van der Waals surface area contributed by atoms with Crippen LogP contribution in [0.1, 0.15) is 38.7 Å². The number of carbonyl (C=O) groups excluding carboxylic acids is 1. The molecule has 24 heavy (non-hydrogen) atoms. The minimum absolute atomic E-state index is 0.268. The summed E-state index contributed by atoms with van der Waals surface area (Å²) in [7, 11) is 0. The Morgan fingerprint density at radius 1 is 1.38 bits per heavy atom. The molecule has 2 rings (SSSR count). The minimum atomic E-state index is -0.581. The van der Waals surface area contributed by atoms with Crippen LogP contribution < -0.4 is 11.5 Å². The lowest BCUT2D eigenvalue weighted by Gasteiger charge is -2.33. The summed E-state index contributed by atoms with van der Waals surface area (Å²) in [6.45, 7) is 5.27. The van der Waals surface area contributed by atoms with Crippen molar-refractivity contribution in [2.75, 3.05) is 13.1 Å². The standard InChI is InChI=1S/C19H31N3O2/c1-19(2,18(21)24)12-15-9-6-10-22(15)13-17(23)16(20)11-14-7-4-3-5-8-14/h3-5,7-8,15-17,23H,6,9-13,20H2,1-2H3,(H2,21,24)/t15-,16+,17-/m0/s1. The van der Waals surface area contributed by atoms with Gasteiger partial charge in [-0.3, -0.25) is 9.69 Å². The van der Waals surface area contributed by atoms with Gasteiger partial charge in [-0.05, 0) is 37.8 Å². The van der Waals surface area contributed by atoms with Crippen molar-refractivity contribution in [1.29, 1.82) is 0 Å². The first-order chi connectivity index (χ1) is 11.3. The zero-order valence-electron chi connectivity index (χ0n) is 14.8. The van der Waals surface area contributed by atoms with Crippen molar-refractivity contribution >= 4 is 5.91 Å². The van der Waals surface area contributed by atoms with Crippen molar-refractivity contribution in [3.63, 3.8) is 0 Å². The summed E-state index contributed by atoms with van der Waals surface area (Å²) in [5, 5.41) is 10.5. The second-order valence-electron chi connectivity index (χ2n) is 7.66. The van der Waals surface area contributed by atoms with Crippen molar-refractivity contribution in [3.05, 3.63) is 35.9 Å². The zero-order valence-corrected chi connectivity index (χ0v) is 14.8. The van der Waals surface area contributed by atoms with Crippen molar-refractivity contribution in [1.82, 2.24) is 4.90 Å². The summed E-state index contributed by atoms with van der Waals surface area (Å²) in [6.07, 6.45) is 2.93. The Morgan fingerprint density at radius 2 is 2.04 bits per heavy atom. The highest BCUT2D eigenvalue weighted by atomic mass is 16.3. The fraction of sp³-hybridized carbons (Fsp3) is 0.632. The van der Waals surface area contributed by atoms with E-state index in [9.17, 15) is 9.90 Å². The lowest BCUT2D eigenvalue weighted by atomic mass is 9.84. The maximum absolute atomic E-state index is 11.6. The lowest BCUT2D eigenvalue weighted by Crippen LogP contribution is -2.47. The molecule has 0 saturated carbocycles. The largest absolute Gasteiger partial charge is 0.390 e. The Balaban J connectivity index is 1.90. The molecular formula is C19H31N3O2.